The highest BCUT2D eigenvalue weighted by atomic mass is 35.5. The Hall–Kier alpha value is -2.56. The van der Waals surface area contributed by atoms with E-state index in [2.05, 4.69) is 20.8 Å². The SMILES string of the molecule is Cl.Oc1cc(C(F)(F)F)ccc1-c1nnc(NC2CNCCOC2)n2cccc12. The van der Waals surface area contributed by atoms with Crippen LogP contribution in [-0.4, -0.2) is 52.0 Å². The summed E-state index contributed by atoms with van der Waals surface area (Å²) in [4.78, 5) is 0. The smallest absolute Gasteiger partial charge is 0.416 e. The summed E-state index contributed by atoms with van der Waals surface area (Å²) in [7, 11) is 0. The lowest BCUT2D eigenvalue weighted by Gasteiger charge is -2.18. The average Bonchev–Trinajstić information content (AvgIpc) is 3.00. The molecule has 1 saturated heterocycles. The summed E-state index contributed by atoms with van der Waals surface area (Å²) in [5.41, 5.74) is 0.148. The number of hydrogen-bond donors (Lipinski definition) is 3. The molecule has 1 aromatic carbocycles. The summed E-state index contributed by atoms with van der Waals surface area (Å²) in [5.74, 6) is -0.0262. The van der Waals surface area contributed by atoms with Gasteiger partial charge in [0.15, 0.2) is 0 Å². The molecule has 1 atom stereocenters. The van der Waals surface area contributed by atoms with Crippen molar-refractivity contribution in [3.8, 4) is 17.0 Å². The Morgan fingerprint density at radius 2 is 2.07 bits per heavy atom. The number of benzene rings is 1. The van der Waals surface area contributed by atoms with Crippen LogP contribution in [-0.2, 0) is 10.9 Å². The maximum atomic E-state index is 12.8. The van der Waals surface area contributed by atoms with E-state index in [4.69, 9.17) is 4.74 Å². The number of phenolic OH excluding ortho intramolecular Hbond substituents is 1. The molecular weight excluding hydrogens is 411 g/mol. The molecule has 4 rings (SSSR count). The fourth-order valence-corrected chi connectivity index (χ4v) is 3.13. The highest BCUT2D eigenvalue weighted by molar-refractivity contribution is 5.85. The van der Waals surface area contributed by atoms with Gasteiger partial charge >= 0.3 is 6.18 Å². The minimum Gasteiger partial charge on any atom is -0.507 e. The zero-order chi connectivity index (χ0) is 19.7. The lowest BCUT2D eigenvalue weighted by atomic mass is 10.1. The molecule has 1 aliphatic heterocycles. The third-order valence-corrected chi connectivity index (χ3v) is 4.51. The second-order valence-corrected chi connectivity index (χ2v) is 6.49. The Labute approximate surface area is 170 Å². The number of nitrogens with zero attached hydrogens (tertiary/aromatic N) is 3. The van der Waals surface area contributed by atoms with Gasteiger partial charge in [-0.05, 0) is 30.3 Å². The van der Waals surface area contributed by atoms with E-state index in [0.29, 0.717) is 37.3 Å². The number of hydrogen-bond acceptors (Lipinski definition) is 6. The predicted octanol–water partition coefficient (Wildman–Crippen LogP) is 2.94. The molecule has 3 heterocycles. The van der Waals surface area contributed by atoms with Crippen molar-refractivity contribution in [1.82, 2.24) is 19.9 Å². The van der Waals surface area contributed by atoms with Gasteiger partial charge in [-0.3, -0.25) is 4.40 Å². The summed E-state index contributed by atoms with van der Waals surface area (Å²) in [6, 6.07) is 6.33. The van der Waals surface area contributed by atoms with Crippen molar-refractivity contribution in [2.24, 2.45) is 0 Å². The monoisotopic (exact) mass is 429 g/mol. The van der Waals surface area contributed by atoms with E-state index < -0.39 is 17.5 Å². The predicted molar refractivity (Wildman–Crippen MR) is 103 cm³/mol. The first kappa shape index (κ1) is 21.2. The molecular formula is C18H19ClF3N5O2. The second kappa shape index (κ2) is 8.44. The molecule has 11 heteroatoms. The number of nitrogens with one attached hydrogen (secondary N) is 2. The first-order valence-corrected chi connectivity index (χ1v) is 8.73. The highest BCUT2D eigenvalue weighted by Gasteiger charge is 2.31. The quantitative estimate of drug-likeness (QED) is 0.593. The Kier molecular flexibility index (Phi) is 6.15. The van der Waals surface area contributed by atoms with E-state index in [1.54, 1.807) is 22.7 Å². The molecule has 1 aliphatic rings. The molecule has 1 unspecified atom stereocenters. The zero-order valence-corrected chi connectivity index (χ0v) is 15.9. The van der Waals surface area contributed by atoms with Crippen molar-refractivity contribution in [2.75, 3.05) is 31.6 Å². The minimum absolute atomic E-state index is 0. The van der Waals surface area contributed by atoms with Crippen LogP contribution < -0.4 is 10.6 Å². The summed E-state index contributed by atoms with van der Waals surface area (Å²) < 4.78 is 45.8. The number of alkyl halides is 3. The number of halogens is 4. The molecule has 0 bridgehead atoms. The minimum atomic E-state index is -4.53. The van der Waals surface area contributed by atoms with Crippen LogP contribution in [0.3, 0.4) is 0 Å². The van der Waals surface area contributed by atoms with Crippen molar-refractivity contribution in [1.29, 1.82) is 0 Å². The van der Waals surface area contributed by atoms with E-state index in [-0.39, 0.29) is 29.7 Å². The van der Waals surface area contributed by atoms with Crippen molar-refractivity contribution in [3.63, 3.8) is 0 Å². The fourth-order valence-electron chi connectivity index (χ4n) is 3.13. The fraction of sp³-hybridized carbons (Fsp3) is 0.333. The molecule has 3 aromatic rings. The second-order valence-electron chi connectivity index (χ2n) is 6.49. The van der Waals surface area contributed by atoms with Crippen molar-refractivity contribution in [3.05, 3.63) is 42.1 Å². The third kappa shape index (κ3) is 4.39. The van der Waals surface area contributed by atoms with Gasteiger partial charge in [-0.25, -0.2) is 0 Å². The molecule has 2 aromatic heterocycles. The molecule has 0 saturated carbocycles. The number of rotatable bonds is 3. The van der Waals surface area contributed by atoms with Gasteiger partial charge in [0, 0.05) is 24.8 Å². The molecule has 0 amide bonds. The molecule has 1 fully saturated rings. The Balaban J connectivity index is 0.00000240. The normalized spacial score (nSPS) is 17.6. The first-order valence-electron chi connectivity index (χ1n) is 8.73. The Bertz CT molecular complexity index is 987. The molecule has 0 spiro atoms. The molecule has 156 valence electrons. The van der Waals surface area contributed by atoms with Gasteiger partial charge in [0.2, 0.25) is 5.95 Å². The van der Waals surface area contributed by atoms with Gasteiger partial charge in [0.1, 0.15) is 11.4 Å². The maximum absolute atomic E-state index is 12.8. The van der Waals surface area contributed by atoms with E-state index in [1.165, 1.54) is 6.07 Å². The van der Waals surface area contributed by atoms with E-state index in [9.17, 15) is 18.3 Å². The van der Waals surface area contributed by atoms with Gasteiger partial charge in [0.25, 0.3) is 0 Å². The van der Waals surface area contributed by atoms with Crippen LogP contribution in [0.2, 0.25) is 0 Å². The number of fused-ring (bicyclic) bond motifs is 1. The maximum Gasteiger partial charge on any atom is 0.416 e. The summed E-state index contributed by atoms with van der Waals surface area (Å²) in [5, 5.41) is 25.0. The Morgan fingerprint density at radius 3 is 2.83 bits per heavy atom. The first-order chi connectivity index (χ1) is 13.4. The van der Waals surface area contributed by atoms with Crippen LogP contribution in [0.4, 0.5) is 19.1 Å². The number of aromatic hydroxyl groups is 1. The van der Waals surface area contributed by atoms with Gasteiger partial charge in [-0.2, -0.15) is 13.2 Å². The van der Waals surface area contributed by atoms with E-state index in [1.807, 2.05) is 0 Å². The van der Waals surface area contributed by atoms with Crippen LogP contribution in [0.15, 0.2) is 36.5 Å². The van der Waals surface area contributed by atoms with Gasteiger partial charge in [-0.1, -0.05) is 0 Å². The summed E-state index contributed by atoms with van der Waals surface area (Å²) in [6.07, 6.45) is -2.77. The topological polar surface area (TPSA) is 83.7 Å². The number of aromatic nitrogens is 3. The van der Waals surface area contributed by atoms with Gasteiger partial charge in [0.05, 0.1) is 30.3 Å². The lowest BCUT2D eigenvalue weighted by molar-refractivity contribution is -0.137. The van der Waals surface area contributed by atoms with E-state index in [0.717, 1.165) is 12.6 Å². The van der Waals surface area contributed by atoms with Crippen LogP contribution in [0.25, 0.3) is 16.8 Å². The van der Waals surface area contributed by atoms with Gasteiger partial charge < -0.3 is 20.5 Å². The van der Waals surface area contributed by atoms with Crippen LogP contribution >= 0.6 is 12.4 Å². The third-order valence-electron chi connectivity index (χ3n) is 4.51. The van der Waals surface area contributed by atoms with Gasteiger partial charge in [-0.15, -0.1) is 22.6 Å². The van der Waals surface area contributed by atoms with Crippen molar-refractivity contribution < 1.29 is 23.0 Å². The molecule has 29 heavy (non-hydrogen) atoms. The van der Waals surface area contributed by atoms with Crippen LogP contribution in [0.5, 0.6) is 5.75 Å². The summed E-state index contributed by atoms with van der Waals surface area (Å²) in [6.45, 7) is 2.62. The average molecular weight is 430 g/mol. The molecule has 3 N–H and O–H groups in total. The standard InChI is InChI=1S/C18H18F3N5O2.ClH/c19-18(20,21)11-3-4-13(15(27)8-11)16-14-2-1-6-26(14)17(25-24-16)23-12-9-22-5-7-28-10-12;/h1-4,6,8,12,22,27H,5,7,9-10H2,(H,23,25);1H. The zero-order valence-electron chi connectivity index (χ0n) is 15.1. The van der Waals surface area contributed by atoms with Crippen LogP contribution in [0.1, 0.15) is 5.56 Å². The number of phenols is 1. The van der Waals surface area contributed by atoms with E-state index >= 15 is 0 Å². The highest BCUT2D eigenvalue weighted by Crippen LogP contribution is 2.37. The molecule has 0 aliphatic carbocycles. The largest absolute Gasteiger partial charge is 0.507 e. The van der Waals surface area contributed by atoms with Crippen molar-refractivity contribution in [2.45, 2.75) is 12.2 Å². The number of ether oxygens (including phenoxy) is 1. The Morgan fingerprint density at radius 1 is 1.24 bits per heavy atom. The van der Waals surface area contributed by atoms with Crippen molar-refractivity contribution >= 4 is 23.9 Å². The molecule has 7 nitrogen and oxygen atoms in total. The lowest BCUT2D eigenvalue weighted by Crippen LogP contribution is -2.34. The van der Waals surface area contributed by atoms with Crippen LogP contribution in [0, 0.1) is 0 Å². The molecule has 0 radical (unpaired) electrons. The summed E-state index contributed by atoms with van der Waals surface area (Å²) >= 11 is 0. The number of anilines is 1.